The minimum Gasteiger partial charge on any atom is -0.473 e. The second kappa shape index (κ2) is 5.32. The summed E-state index contributed by atoms with van der Waals surface area (Å²) in [5.41, 5.74) is 1.72. The molecule has 1 N–H and O–H groups in total. The Kier molecular flexibility index (Phi) is 3.57. The van der Waals surface area contributed by atoms with Crippen molar-refractivity contribution in [3.05, 3.63) is 54.2 Å². The molecule has 0 fully saturated rings. The monoisotopic (exact) mass is 230 g/mol. The predicted molar refractivity (Wildman–Crippen MR) is 65.2 cm³/mol. The molecule has 0 radical (unpaired) electrons. The molecule has 0 bridgehead atoms. The summed E-state index contributed by atoms with van der Waals surface area (Å²) >= 11 is 0. The van der Waals surface area contributed by atoms with Gasteiger partial charge in [0.05, 0.1) is 11.9 Å². The molecule has 0 amide bonds. The van der Waals surface area contributed by atoms with E-state index in [9.17, 15) is 5.21 Å². The van der Waals surface area contributed by atoms with Gasteiger partial charge >= 0.3 is 0 Å². The zero-order chi connectivity index (χ0) is 12.1. The maximum absolute atomic E-state index is 9.18. The highest BCUT2D eigenvalue weighted by Crippen LogP contribution is 2.14. The van der Waals surface area contributed by atoms with Gasteiger partial charge in [0.2, 0.25) is 5.88 Å². The van der Waals surface area contributed by atoms with Gasteiger partial charge < -0.3 is 4.74 Å². The third-order valence-corrected chi connectivity index (χ3v) is 2.32. The van der Waals surface area contributed by atoms with Crippen LogP contribution < -0.4 is 9.80 Å². The molecule has 1 heterocycles. The molecule has 0 atom stereocenters. The molecule has 0 saturated carbocycles. The van der Waals surface area contributed by atoms with Crippen molar-refractivity contribution in [1.82, 2.24) is 4.98 Å². The number of anilines is 1. The summed E-state index contributed by atoms with van der Waals surface area (Å²) in [5.74, 6) is 0.541. The molecule has 0 aliphatic carbocycles. The van der Waals surface area contributed by atoms with Gasteiger partial charge in [-0.3, -0.25) is 10.3 Å². The van der Waals surface area contributed by atoms with E-state index in [1.54, 1.807) is 25.4 Å². The summed E-state index contributed by atoms with van der Waals surface area (Å²) in [5, 5.41) is 10.2. The van der Waals surface area contributed by atoms with E-state index in [2.05, 4.69) is 4.98 Å². The highest BCUT2D eigenvalue weighted by Gasteiger charge is 1.99. The molecule has 4 heteroatoms. The SMILES string of the molecule is CN(O)c1ccc(OCc2ccccc2)nc1. The molecule has 0 aliphatic heterocycles. The van der Waals surface area contributed by atoms with Gasteiger partial charge in [0, 0.05) is 13.1 Å². The fraction of sp³-hybridized carbons (Fsp3) is 0.154. The van der Waals surface area contributed by atoms with E-state index in [1.807, 2.05) is 30.3 Å². The van der Waals surface area contributed by atoms with Gasteiger partial charge in [-0.1, -0.05) is 30.3 Å². The van der Waals surface area contributed by atoms with Crippen LogP contribution in [0.25, 0.3) is 0 Å². The van der Waals surface area contributed by atoms with Crippen molar-refractivity contribution in [3.8, 4) is 5.88 Å². The van der Waals surface area contributed by atoms with Crippen LogP contribution in [0.4, 0.5) is 5.69 Å². The van der Waals surface area contributed by atoms with E-state index in [4.69, 9.17) is 4.74 Å². The smallest absolute Gasteiger partial charge is 0.213 e. The molecule has 0 saturated heterocycles. The van der Waals surface area contributed by atoms with Crippen molar-refractivity contribution >= 4 is 5.69 Å². The van der Waals surface area contributed by atoms with Crippen LogP contribution in [0.1, 0.15) is 5.56 Å². The van der Waals surface area contributed by atoms with Crippen LogP contribution in [0, 0.1) is 0 Å². The summed E-state index contributed by atoms with van der Waals surface area (Å²) in [7, 11) is 1.54. The van der Waals surface area contributed by atoms with Crippen molar-refractivity contribution in [2.24, 2.45) is 0 Å². The number of ether oxygens (including phenoxy) is 1. The Labute approximate surface area is 100 Å². The molecule has 17 heavy (non-hydrogen) atoms. The fourth-order valence-corrected chi connectivity index (χ4v) is 1.38. The maximum atomic E-state index is 9.18. The zero-order valence-electron chi connectivity index (χ0n) is 9.58. The Morgan fingerprint density at radius 2 is 1.94 bits per heavy atom. The largest absolute Gasteiger partial charge is 0.473 e. The summed E-state index contributed by atoms with van der Waals surface area (Å²) in [6.07, 6.45) is 1.56. The van der Waals surface area contributed by atoms with Crippen LogP contribution in [-0.2, 0) is 6.61 Å². The first kappa shape index (κ1) is 11.4. The zero-order valence-corrected chi connectivity index (χ0v) is 9.58. The van der Waals surface area contributed by atoms with Gasteiger partial charge in [0.1, 0.15) is 6.61 Å². The van der Waals surface area contributed by atoms with Gasteiger partial charge in [0.25, 0.3) is 0 Å². The lowest BCUT2D eigenvalue weighted by Crippen LogP contribution is -2.09. The Balaban J connectivity index is 1.96. The van der Waals surface area contributed by atoms with Gasteiger partial charge in [-0.15, -0.1) is 0 Å². The van der Waals surface area contributed by atoms with Gasteiger partial charge in [-0.2, -0.15) is 0 Å². The Morgan fingerprint density at radius 3 is 2.53 bits per heavy atom. The number of aromatic nitrogens is 1. The van der Waals surface area contributed by atoms with E-state index in [0.29, 0.717) is 18.2 Å². The number of hydrogen-bond donors (Lipinski definition) is 1. The second-order valence-corrected chi connectivity index (χ2v) is 3.65. The van der Waals surface area contributed by atoms with E-state index in [-0.39, 0.29) is 0 Å². The molecule has 0 spiro atoms. The minimum atomic E-state index is 0.488. The number of pyridine rings is 1. The molecule has 2 aromatic rings. The normalized spacial score (nSPS) is 10.0. The lowest BCUT2D eigenvalue weighted by atomic mass is 10.2. The Morgan fingerprint density at radius 1 is 1.18 bits per heavy atom. The van der Waals surface area contributed by atoms with E-state index in [1.165, 1.54) is 0 Å². The molecule has 2 rings (SSSR count). The van der Waals surface area contributed by atoms with E-state index in [0.717, 1.165) is 10.6 Å². The minimum absolute atomic E-state index is 0.488. The molecule has 0 aliphatic rings. The summed E-state index contributed by atoms with van der Waals surface area (Å²) < 4.78 is 5.52. The van der Waals surface area contributed by atoms with Crippen molar-refractivity contribution in [2.45, 2.75) is 6.61 Å². The number of benzene rings is 1. The van der Waals surface area contributed by atoms with Crippen molar-refractivity contribution in [1.29, 1.82) is 0 Å². The number of nitrogens with zero attached hydrogens (tertiary/aromatic N) is 2. The molecule has 1 aromatic heterocycles. The Hall–Kier alpha value is -2.07. The highest BCUT2D eigenvalue weighted by molar-refractivity contribution is 5.41. The quantitative estimate of drug-likeness (QED) is 0.820. The van der Waals surface area contributed by atoms with Crippen LogP contribution in [-0.4, -0.2) is 17.2 Å². The Bertz CT molecular complexity index is 455. The maximum Gasteiger partial charge on any atom is 0.213 e. The number of rotatable bonds is 4. The van der Waals surface area contributed by atoms with Gasteiger partial charge in [-0.25, -0.2) is 4.98 Å². The van der Waals surface area contributed by atoms with E-state index < -0.39 is 0 Å². The first-order chi connectivity index (χ1) is 8.25. The average molecular weight is 230 g/mol. The molecular formula is C13H14N2O2. The molecule has 0 unspecified atom stereocenters. The molecular weight excluding hydrogens is 216 g/mol. The van der Waals surface area contributed by atoms with Crippen LogP contribution >= 0.6 is 0 Å². The first-order valence-corrected chi connectivity index (χ1v) is 5.31. The highest BCUT2D eigenvalue weighted by atomic mass is 16.5. The standard InChI is InChI=1S/C13H14N2O2/c1-15(16)12-7-8-13(14-9-12)17-10-11-5-3-2-4-6-11/h2-9,16H,10H2,1H3. The predicted octanol–water partition coefficient (Wildman–Crippen LogP) is 2.49. The van der Waals surface area contributed by atoms with Crippen LogP contribution in [0.3, 0.4) is 0 Å². The summed E-state index contributed by atoms with van der Waals surface area (Å²) in [6, 6.07) is 13.4. The molecule has 88 valence electrons. The summed E-state index contributed by atoms with van der Waals surface area (Å²) in [4.78, 5) is 4.09. The van der Waals surface area contributed by atoms with Crippen molar-refractivity contribution < 1.29 is 9.94 Å². The molecule has 4 nitrogen and oxygen atoms in total. The van der Waals surface area contributed by atoms with Crippen molar-refractivity contribution in [3.63, 3.8) is 0 Å². The van der Waals surface area contributed by atoms with E-state index >= 15 is 0 Å². The molecule has 1 aromatic carbocycles. The topological polar surface area (TPSA) is 45.6 Å². The average Bonchev–Trinajstić information content (AvgIpc) is 2.38. The summed E-state index contributed by atoms with van der Waals surface area (Å²) in [6.45, 7) is 0.488. The third-order valence-electron chi connectivity index (χ3n) is 2.32. The second-order valence-electron chi connectivity index (χ2n) is 3.65. The fourth-order valence-electron chi connectivity index (χ4n) is 1.38. The van der Waals surface area contributed by atoms with Gasteiger partial charge in [0.15, 0.2) is 0 Å². The lowest BCUT2D eigenvalue weighted by molar-refractivity contribution is 0.277. The number of hydroxylamine groups is 1. The van der Waals surface area contributed by atoms with Crippen LogP contribution in [0.2, 0.25) is 0 Å². The van der Waals surface area contributed by atoms with Crippen LogP contribution in [0.5, 0.6) is 5.88 Å². The van der Waals surface area contributed by atoms with Gasteiger partial charge in [-0.05, 0) is 11.6 Å². The number of hydrogen-bond acceptors (Lipinski definition) is 4. The lowest BCUT2D eigenvalue weighted by Gasteiger charge is -2.10. The first-order valence-electron chi connectivity index (χ1n) is 5.31. The third kappa shape index (κ3) is 3.19. The van der Waals surface area contributed by atoms with Crippen LogP contribution in [0.15, 0.2) is 48.7 Å². The van der Waals surface area contributed by atoms with Crippen molar-refractivity contribution in [2.75, 3.05) is 12.1 Å².